The maximum Gasteiger partial charge on any atom is 0.0632 e. The van der Waals surface area contributed by atoms with E-state index in [9.17, 15) is 0 Å². The number of aromatic nitrogens is 3. The first-order valence-electron chi connectivity index (χ1n) is 6.74. The molecular weight excluding hydrogens is 304 g/mol. The Labute approximate surface area is 122 Å². The van der Waals surface area contributed by atoms with Crippen LogP contribution in [-0.2, 0) is 13.6 Å². The maximum absolute atomic E-state index is 4.40. The van der Waals surface area contributed by atoms with Gasteiger partial charge in [-0.15, -0.1) is 0 Å². The molecule has 3 heterocycles. The quantitative estimate of drug-likeness (QED) is 0.868. The van der Waals surface area contributed by atoms with Crippen molar-refractivity contribution in [3.05, 3.63) is 40.9 Å². The fourth-order valence-corrected chi connectivity index (χ4v) is 3.05. The molecule has 1 aliphatic heterocycles. The van der Waals surface area contributed by atoms with Crippen LogP contribution in [0.4, 0.5) is 0 Å². The molecule has 0 amide bonds. The molecule has 102 valence electrons. The van der Waals surface area contributed by atoms with Crippen LogP contribution in [0.5, 0.6) is 0 Å². The molecule has 0 unspecified atom stereocenters. The van der Waals surface area contributed by atoms with Crippen LogP contribution in [0, 0.1) is 0 Å². The van der Waals surface area contributed by atoms with Crippen molar-refractivity contribution in [3.63, 3.8) is 0 Å². The highest BCUT2D eigenvalue weighted by atomic mass is 79.9. The fourth-order valence-electron chi connectivity index (χ4n) is 2.75. The Hall–Kier alpha value is -1.07. The van der Waals surface area contributed by atoms with E-state index in [1.165, 1.54) is 18.5 Å². The van der Waals surface area contributed by atoms with E-state index in [-0.39, 0.29) is 0 Å². The average molecular weight is 323 g/mol. The third-order valence-corrected chi connectivity index (χ3v) is 4.35. The third-order valence-electron chi connectivity index (χ3n) is 3.94. The summed E-state index contributed by atoms with van der Waals surface area (Å²) in [5, 5.41) is 4.40. The van der Waals surface area contributed by atoms with Gasteiger partial charge in [0, 0.05) is 44.8 Å². The van der Waals surface area contributed by atoms with Crippen molar-refractivity contribution in [1.29, 1.82) is 0 Å². The molecule has 5 heteroatoms. The van der Waals surface area contributed by atoms with Crippen LogP contribution < -0.4 is 0 Å². The highest BCUT2D eigenvalue weighted by Gasteiger charge is 2.21. The first-order chi connectivity index (χ1) is 9.22. The lowest BCUT2D eigenvalue weighted by Crippen LogP contribution is -2.34. The summed E-state index contributed by atoms with van der Waals surface area (Å²) in [4.78, 5) is 2.53. The first kappa shape index (κ1) is 12.9. The standard InChI is InChI=1S/C14H19BrN4/c1-17-6-2-3-14(17)11-18-7-4-13(5-8-18)19-10-12(15)9-16-19/h2-3,6,9-10,13H,4-5,7-8,11H2,1H3. The summed E-state index contributed by atoms with van der Waals surface area (Å²) in [6, 6.07) is 4.87. The van der Waals surface area contributed by atoms with Gasteiger partial charge in [0.2, 0.25) is 0 Å². The number of aryl methyl sites for hydroxylation is 1. The Kier molecular flexibility index (Phi) is 3.75. The Morgan fingerprint density at radius 2 is 2.16 bits per heavy atom. The van der Waals surface area contributed by atoms with Gasteiger partial charge in [0.15, 0.2) is 0 Å². The van der Waals surface area contributed by atoms with E-state index in [1.807, 2.05) is 6.20 Å². The van der Waals surface area contributed by atoms with E-state index in [1.54, 1.807) is 0 Å². The van der Waals surface area contributed by atoms with Crippen LogP contribution in [0.15, 0.2) is 35.2 Å². The molecule has 0 radical (unpaired) electrons. The van der Waals surface area contributed by atoms with Gasteiger partial charge in [0.1, 0.15) is 0 Å². The molecule has 0 bridgehead atoms. The number of rotatable bonds is 3. The van der Waals surface area contributed by atoms with Crippen LogP contribution in [0.2, 0.25) is 0 Å². The Balaban J connectivity index is 1.56. The zero-order valence-corrected chi connectivity index (χ0v) is 12.8. The van der Waals surface area contributed by atoms with Crippen molar-refractivity contribution in [1.82, 2.24) is 19.2 Å². The van der Waals surface area contributed by atoms with Crippen LogP contribution in [0.1, 0.15) is 24.6 Å². The van der Waals surface area contributed by atoms with Crippen molar-refractivity contribution < 1.29 is 0 Å². The van der Waals surface area contributed by atoms with E-state index in [0.29, 0.717) is 6.04 Å². The summed E-state index contributed by atoms with van der Waals surface area (Å²) >= 11 is 3.46. The van der Waals surface area contributed by atoms with E-state index >= 15 is 0 Å². The summed E-state index contributed by atoms with van der Waals surface area (Å²) in [5.41, 5.74) is 1.39. The molecule has 19 heavy (non-hydrogen) atoms. The molecule has 1 aliphatic rings. The van der Waals surface area contributed by atoms with Gasteiger partial charge < -0.3 is 4.57 Å². The molecular formula is C14H19BrN4. The van der Waals surface area contributed by atoms with Gasteiger partial charge >= 0.3 is 0 Å². The second kappa shape index (κ2) is 5.51. The molecule has 0 spiro atoms. The molecule has 1 fully saturated rings. The van der Waals surface area contributed by atoms with Gasteiger partial charge in [-0.1, -0.05) is 0 Å². The molecule has 2 aromatic rings. The van der Waals surface area contributed by atoms with Gasteiger partial charge in [0.25, 0.3) is 0 Å². The predicted molar refractivity (Wildman–Crippen MR) is 78.9 cm³/mol. The Bertz CT molecular complexity index is 537. The number of piperidine rings is 1. The van der Waals surface area contributed by atoms with E-state index in [2.05, 4.69) is 66.8 Å². The Morgan fingerprint density at radius 3 is 2.74 bits per heavy atom. The lowest BCUT2D eigenvalue weighted by Gasteiger charge is -2.32. The molecule has 1 saturated heterocycles. The molecule has 0 aromatic carbocycles. The van der Waals surface area contributed by atoms with E-state index in [0.717, 1.165) is 24.1 Å². The molecule has 0 aliphatic carbocycles. The average Bonchev–Trinajstić information content (AvgIpc) is 3.00. The summed E-state index contributed by atoms with van der Waals surface area (Å²) < 4.78 is 5.37. The molecule has 0 saturated carbocycles. The monoisotopic (exact) mass is 322 g/mol. The van der Waals surface area contributed by atoms with Gasteiger partial charge in [-0.25, -0.2) is 0 Å². The summed E-state index contributed by atoms with van der Waals surface area (Å²) in [5.74, 6) is 0. The van der Waals surface area contributed by atoms with Crippen molar-refractivity contribution >= 4 is 15.9 Å². The number of hydrogen-bond donors (Lipinski definition) is 0. The minimum atomic E-state index is 0.552. The lowest BCUT2D eigenvalue weighted by molar-refractivity contribution is 0.170. The normalized spacial score (nSPS) is 18.0. The Morgan fingerprint density at radius 1 is 1.37 bits per heavy atom. The van der Waals surface area contributed by atoms with Crippen LogP contribution in [0.25, 0.3) is 0 Å². The smallest absolute Gasteiger partial charge is 0.0632 e. The van der Waals surface area contributed by atoms with Crippen LogP contribution >= 0.6 is 15.9 Å². The fraction of sp³-hybridized carbons (Fsp3) is 0.500. The number of hydrogen-bond acceptors (Lipinski definition) is 2. The predicted octanol–water partition coefficient (Wildman–Crippen LogP) is 2.82. The first-order valence-corrected chi connectivity index (χ1v) is 7.54. The highest BCUT2D eigenvalue weighted by molar-refractivity contribution is 9.10. The molecule has 4 nitrogen and oxygen atoms in total. The topological polar surface area (TPSA) is 26.0 Å². The zero-order chi connectivity index (χ0) is 13.2. The summed E-state index contributed by atoms with van der Waals surface area (Å²) in [7, 11) is 2.11. The summed E-state index contributed by atoms with van der Waals surface area (Å²) in [6.45, 7) is 3.35. The van der Waals surface area contributed by atoms with Gasteiger partial charge in [-0.2, -0.15) is 5.10 Å². The van der Waals surface area contributed by atoms with Crippen molar-refractivity contribution in [2.45, 2.75) is 25.4 Å². The van der Waals surface area contributed by atoms with Crippen LogP contribution in [-0.4, -0.2) is 32.3 Å². The number of likely N-dealkylation sites (tertiary alicyclic amines) is 1. The number of halogens is 1. The van der Waals surface area contributed by atoms with Crippen LogP contribution in [0.3, 0.4) is 0 Å². The minimum Gasteiger partial charge on any atom is -0.353 e. The minimum absolute atomic E-state index is 0.552. The van der Waals surface area contributed by atoms with E-state index in [4.69, 9.17) is 0 Å². The van der Waals surface area contributed by atoms with Crippen molar-refractivity contribution in [2.24, 2.45) is 7.05 Å². The molecule has 2 aromatic heterocycles. The second-order valence-electron chi connectivity index (χ2n) is 5.26. The summed E-state index contributed by atoms with van der Waals surface area (Å²) in [6.07, 6.45) is 8.42. The maximum atomic E-state index is 4.40. The van der Waals surface area contributed by atoms with Gasteiger partial charge in [-0.3, -0.25) is 9.58 Å². The third kappa shape index (κ3) is 2.92. The zero-order valence-electron chi connectivity index (χ0n) is 11.2. The molecule has 0 atom stereocenters. The van der Waals surface area contributed by atoms with Crippen molar-refractivity contribution in [3.8, 4) is 0 Å². The highest BCUT2D eigenvalue weighted by Crippen LogP contribution is 2.24. The molecule has 3 rings (SSSR count). The molecule has 0 N–H and O–H groups in total. The van der Waals surface area contributed by atoms with Gasteiger partial charge in [-0.05, 0) is 40.9 Å². The second-order valence-corrected chi connectivity index (χ2v) is 6.17. The number of nitrogens with zero attached hydrogens (tertiary/aromatic N) is 4. The van der Waals surface area contributed by atoms with Crippen molar-refractivity contribution in [2.75, 3.05) is 13.1 Å². The van der Waals surface area contributed by atoms with Gasteiger partial charge in [0.05, 0.1) is 16.7 Å². The van der Waals surface area contributed by atoms with E-state index < -0.39 is 0 Å². The largest absolute Gasteiger partial charge is 0.353 e. The SMILES string of the molecule is Cn1cccc1CN1CCC(n2cc(Br)cn2)CC1. The lowest BCUT2D eigenvalue weighted by atomic mass is 10.1.